The molecule has 0 aromatic carbocycles. The Morgan fingerprint density at radius 2 is 2.00 bits per heavy atom. The fraction of sp³-hybridized carbons (Fsp3) is 0.700. The van der Waals surface area contributed by atoms with E-state index in [1.54, 1.807) is 20.8 Å². The number of rotatable bonds is 4. The second-order valence-corrected chi connectivity index (χ2v) is 7.57. The quantitative estimate of drug-likeness (QED) is 0.779. The van der Waals surface area contributed by atoms with Crippen LogP contribution in [0.25, 0.3) is 0 Å². The van der Waals surface area contributed by atoms with Gasteiger partial charge in [0.05, 0.1) is 0 Å². The molecule has 0 unspecified atom stereocenters. The zero-order valence-corrected chi connectivity index (χ0v) is 14.2. The number of aryl methyl sites for hydroxylation is 1. The lowest BCUT2D eigenvalue weighted by Gasteiger charge is -2.22. The summed E-state index contributed by atoms with van der Waals surface area (Å²) in [5.41, 5.74) is -0.689. The second kappa shape index (κ2) is 5.78. The Balaban J connectivity index is 2.90. The molecule has 20 heavy (non-hydrogen) atoms. The third kappa shape index (κ3) is 4.25. The van der Waals surface area contributed by atoms with Gasteiger partial charge in [-0.15, -0.1) is 5.10 Å². The molecule has 0 aliphatic heterocycles. The number of hydrogen-bond donors (Lipinski definition) is 1. The molecule has 1 atom stereocenters. The van der Waals surface area contributed by atoms with Gasteiger partial charge in [-0.1, -0.05) is 5.21 Å². The minimum atomic E-state index is -3.94. The molecule has 114 valence electrons. The molecule has 0 aliphatic rings. The van der Waals surface area contributed by atoms with Crippen LogP contribution in [0.2, 0.25) is 0 Å². The Kier molecular flexibility index (Phi) is 4.93. The van der Waals surface area contributed by atoms with Gasteiger partial charge < -0.3 is 4.74 Å². The molecule has 1 aromatic rings. The van der Waals surface area contributed by atoms with E-state index in [1.165, 1.54) is 14.0 Å². The van der Waals surface area contributed by atoms with Crippen molar-refractivity contribution >= 4 is 31.9 Å². The largest absolute Gasteiger partial charge is 0.459 e. The van der Waals surface area contributed by atoms with Gasteiger partial charge in [0.25, 0.3) is 10.0 Å². The third-order valence-corrected chi connectivity index (χ3v) is 4.51. The van der Waals surface area contributed by atoms with Gasteiger partial charge in [0.15, 0.2) is 4.60 Å². The zero-order chi connectivity index (χ0) is 15.7. The zero-order valence-electron chi connectivity index (χ0n) is 11.8. The van der Waals surface area contributed by atoms with Crippen molar-refractivity contribution in [1.29, 1.82) is 0 Å². The number of nitrogens with one attached hydrogen (secondary N) is 1. The normalized spacial score (nSPS) is 14.1. The summed E-state index contributed by atoms with van der Waals surface area (Å²) in [5, 5.41) is 7.01. The van der Waals surface area contributed by atoms with Crippen molar-refractivity contribution in [1.82, 2.24) is 19.7 Å². The molecule has 0 bridgehead atoms. The molecular formula is C10H17BrN4O4S. The summed E-state index contributed by atoms with van der Waals surface area (Å²) in [4.78, 5) is 11.8. The molecule has 10 heteroatoms. The Bertz CT molecular complexity index is 586. The first-order valence-electron chi connectivity index (χ1n) is 5.74. The third-order valence-electron chi connectivity index (χ3n) is 2.08. The van der Waals surface area contributed by atoms with Crippen LogP contribution in [0.5, 0.6) is 0 Å². The van der Waals surface area contributed by atoms with Crippen LogP contribution in [0.15, 0.2) is 9.63 Å². The maximum absolute atomic E-state index is 12.2. The number of halogens is 1. The number of sulfonamides is 1. The minimum absolute atomic E-state index is 0.0730. The predicted octanol–water partition coefficient (Wildman–Crippen LogP) is 0.586. The number of carbonyl (C=O) groups excluding carboxylic acids is 1. The lowest BCUT2D eigenvalue weighted by Crippen LogP contribution is -2.42. The van der Waals surface area contributed by atoms with Crippen molar-refractivity contribution in [2.75, 3.05) is 0 Å². The summed E-state index contributed by atoms with van der Waals surface area (Å²) in [5.74, 6) is -0.660. The number of aromatic nitrogens is 3. The molecule has 1 N–H and O–H groups in total. The lowest BCUT2D eigenvalue weighted by atomic mass is 10.2. The Morgan fingerprint density at radius 3 is 2.40 bits per heavy atom. The van der Waals surface area contributed by atoms with Crippen LogP contribution in [0.4, 0.5) is 0 Å². The fourth-order valence-electron chi connectivity index (χ4n) is 1.33. The van der Waals surface area contributed by atoms with Gasteiger partial charge >= 0.3 is 5.97 Å². The molecule has 0 saturated heterocycles. The number of ether oxygens (including phenoxy) is 1. The molecule has 0 radical (unpaired) electrons. The highest BCUT2D eigenvalue weighted by atomic mass is 79.9. The van der Waals surface area contributed by atoms with Gasteiger partial charge in [0.2, 0.25) is 5.03 Å². The number of nitrogens with zero attached hydrogens (tertiary/aromatic N) is 3. The maximum Gasteiger partial charge on any atom is 0.324 e. The van der Waals surface area contributed by atoms with Gasteiger partial charge in [-0.3, -0.25) is 4.79 Å². The molecule has 0 amide bonds. The number of hydrogen-bond acceptors (Lipinski definition) is 6. The van der Waals surface area contributed by atoms with E-state index < -0.39 is 27.6 Å². The molecule has 0 spiro atoms. The van der Waals surface area contributed by atoms with Crippen molar-refractivity contribution in [2.45, 2.75) is 44.4 Å². The van der Waals surface area contributed by atoms with Crippen LogP contribution >= 0.6 is 15.9 Å². The van der Waals surface area contributed by atoms with E-state index in [2.05, 4.69) is 31.0 Å². The van der Waals surface area contributed by atoms with Gasteiger partial charge in [-0.2, -0.15) is 4.72 Å². The van der Waals surface area contributed by atoms with Gasteiger partial charge in [-0.25, -0.2) is 13.1 Å². The SMILES string of the molecule is C[C@@H](NS(=O)(=O)c1c(Br)nnn1C)C(=O)OC(C)(C)C. The average molecular weight is 369 g/mol. The molecule has 0 fully saturated rings. The topological polar surface area (TPSA) is 103 Å². The fourth-order valence-corrected chi connectivity index (χ4v) is 3.62. The number of carbonyl (C=O) groups is 1. The monoisotopic (exact) mass is 368 g/mol. The molecule has 1 heterocycles. The van der Waals surface area contributed by atoms with Crippen molar-refractivity contribution in [3.63, 3.8) is 0 Å². The molecule has 0 aliphatic carbocycles. The van der Waals surface area contributed by atoms with E-state index in [-0.39, 0.29) is 9.63 Å². The molecule has 8 nitrogen and oxygen atoms in total. The summed E-state index contributed by atoms with van der Waals surface area (Å²) in [6, 6.07) is -1.03. The predicted molar refractivity (Wildman–Crippen MR) is 74.3 cm³/mol. The standard InChI is InChI=1S/C10H17BrN4O4S/c1-6(9(16)19-10(2,3)4)13-20(17,18)8-7(11)12-14-15(8)5/h6,13H,1-5H3/t6-/m1/s1. The average Bonchev–Trinajstić information content (AvgIpc) is 2.55. The number of esters is 1. The first kappa shape index (κ1) is 17.1. The van der Waals surface area contributed by atoms with Gasteiger partial charge in [0.1, 0.15) is 11.6 Å². The Morgan fingerprint density at radius 1 is 1.45 bits per heavy atom. The van der Waals surface area contributed by atoms with Gasteiger partial charge in [-0.05, 0) is 43.6 Å². The van der Waals surface area contributed by atoms with E-state index in [9.17, 15) is 13.2 Å². The van der Waals surface area contributed by atoms with E-state index in [1.807, 2.05) is 0 Å². The highest BCUT2D eigenvalue weighted by molar-refractivity contribution is 9.10. The molecule has 1 aromatic heterocycles. The summed E-state index contributed by atoms with van der Waals surface area (Å²) in [7, 11) is -2.50. The van der Waals surface area contributed by atoms with Crippen LogP contribution in [-0.2, 0) is 26.6 Å². The first-order chi connectivity index (χ1) is 8.94. The Hall–Kier alpha value is -1.00. The second-order valence-electron chi connectivity index (χ2n) is 5.19. The molecule has 0 saturated carbocycles. The lowest BCUT2D eigenvalue weighted by molar-refractivity contribution is -0.156. The minimum Gasteiger partial charge on any atom is -0.459 e. The van der Waals surface area contributed by atoms with Gasteiger partial charge in [0, 0.05) is 7.05 Å². The van der Waals surface area contributed by atoms with Crippen molar-refractivity contribution in [2.24, 2.45) is 7.05 Å². The van der Waals surface area contributed by atoms with E-state index in [4.69, 9.17) is 4.74 Å². The highest BCUT2D eigenvalue weighted by Crippen LogP contribution is 2.18. The van der Waals surface area contributed by atoms with Crippen molar-refractivity contribution in [3.05, 3.63) is 4.60 Å². The molecule has 1 rings (SSSR count). The van der Waals surface area contributed by atoms with Crippen LogP contribution in [0.1, 0.15) is 27.7 Å². The highest BCUT2D eigenvalue weighted by Gasteiger charge is 2.30. The van der Waals surface area contributed by atoms with E-state index >= 15 is 0 Å². The molecular weight excluding hydrogens is 352 g/mol. The van der Waals surface area contributed by atoms with Crippen LogP contribution in [-0.4, -0.2) is 41.0 Å². The first-order valence-corrected chi connectivity index (χ1v) is 8.02. The van der Waals surface area contributed by atoms with Crippen molar-refractivity contribution in [3.8, 4) is 0 Å². The maximum atomic E-state index is 12.2. The van der Waals surface area contributed by atoms with Crippen LogP contribution in [0, 0.1) is 0 Å². The summed E-state index contributed by atoms with van der Waals surface area (Å²) < 4.78 is 32.8. The summed E-state index contributed by atoms with van der Waals surface area (Å²) >= 11 is 3.00. The smallest absolute Gasteiger partial charge is 0.324 e. The Labute approximate surface area is 126 Å². The summed E-state index contributed by atoms with van der Waals surface area (Å²) in [6.45, 7) is 6.51. The van der Waals surface area contributed by atoms with E-state index in [0.29, 0.717) is 0 Å². The van der Waals surface area contributed by atoms with E-state index in [0.717, 1.165) is 4.68 Å². The van der Waals surface area contributed by atoms with Crippen LogP contribution in [0.3, 0.4) is 0 Å². The summed E-state index contributed by atoms with van der Waals surface area (Å²) in [6.07, 6.45) is 0. The van der Waals surface area contributed by atoms with Crippen LogP contribution < -0.4 is 4.72 Å². The van der Waals surface area contributed by atoms with Crippen molar-refractivity contribution < 1.29 is 17.9 Å².